The van der Waals surface area contributed by atoms with E-state index < -0.39 is 0 Å². The molecule has 3 aromatic rings. The van der Waals surface area contributed by atoms with Gasteiger partial charge >= 0.3 is 0 Å². The van der Waals surface area contributed by atoms with Gasteiger partial charge in [0.05, 0.1) is 11.8 Å². The van der Waals surface area contributed by atoms with E-state index in [9.17, 15) is 9.90 Å². The largest absolute Gasteiger partial charge is 0.507 e. The summed E-state index contributed by atoms with van der Waals surface area (Å²) in [5.41, 5.74) is 5.28. The number of hydrogen-bond acceptors (Lipinski definition) is 4. The highest BCUT2D eigenvalue weighted by molar-refractivity contribution is 6.31. The Kier molecular flexibility index (Phi) is 5.61. The van der Waals surface area contributed by atoms with E-state index in [1.807, 2.05) is 30.3 Å². The van der Waals surface area contributed by atoms with E-state index >= 15 is 0 Å². The predicted molar refractivity (Wildman–Crippen MR) is 102 cm³/mol. The number of phenols is 1. The molecule has 3 rings (SSSR count). The highest BCUT2D eigenvalue weighted by atomic mass is 35.5. The Hall–Kier alpha value is -3.18. The van der Waals surface area contributed by atoms with Crippen molar-refractivity contribution in [2.75, 3.05) is 0 Å². The van der Waals surface area contributed by atoms with Gasteiger partial charge in [0.1, 0.15) is 5.75 Å². The zero-order valence-electron chi connectivity index (χ0n) is 13.8. The van der Waals surface area contributed by atoms with Crippen LogP contribution in [0.2, 0.25) is 5.02 Å². The van der Waals surface area contributed by atoms with Crippen LogP contribution in [0.3, 0.4) is 0 Å². The molecular weight excluding hydrogens is 350 g/mol. The maximum atomic E-state index is 11.9. The minimum absolute atomic E-state index is 0.0762. The molecule has 0 atom stereocenters. The number of aromatic nitrogens is 1. The first-order valence-electron chi connectivity index (χ1n) is 7.92. The smallest absolute Gasteiger partial charge is 0.272 e. The molecule has 0 aliphatic rings. The first-order chi connectivity index (χ1) is 12.6. The lowest BCUT2D eigenvalue weighted by Gasteiger charge is -2.07. The number of hydrogen-bond donors (Lipinski definition) is 2. The standard InChI is InChI=1S/C20H16ClN3O2/c21-18-6-2-1-4-15(18)10-14-7-8-19(25)17(11-14)13-23-24-20(26)16-5-3-9-22-12-16/h1-9,11-13,25H,10H2,(H,24,26)/b23-13-. The first kappa shape index (κ1) is 17.6. The average molecular weight is 366 g/mol. The fourth-order valence-corrected chi connectivity index (χ4v) is 2.60. The molecule has 0 saturated heterocycles. The molecular formula is C20H16ClN3O2. The van der Waals surface area contributed by atoms with E-state index in [0.29, 0.717) is 22.6 Å². The number of phenolic OH excluding ortho intramolecular Hbond substituents is 1. The Morgan fingerprint density at radius 2 is 2.04 bits per heavy atom. The summed E-state index contributed by atoms with van der Waals surface area (Å²) in [4.78, 5) is 15.8. The molecule has 2 N–H and O–H groups in total. The lowest BCUT2D eigenvalue weighted by atomic mass is 10.0. The highest BCUT2D eigenvalue weighted by Gasteiger charge is 2.06. The van der Waals surface area contributed by atoms with Crippen LogP contribution in [0.25, 0.3) is 0 Å². The number of pyridine rings is 1. The van der Waals surface area contributed by atoms with Gasteiger partial charge in [-0.1, -0.05) is 35.9 Å². The van der Waals surface area contributed by atoms with Crippen LogP contribution in [-0.4, -0.2) is 22.2 Å². The molecule has 0 fully saturated rings. The third kappa shape index (κ3) is 4.46. The number of benzene rings is 2. The van der Waals surface area contributed by atoms with Gasteiger partial charge < -0.3 is 5.11 Å². The third-order valence-electron chi connectivity index (χ3n) is 3.74. The Morgan fingerprint density at radius 1 is 1.19 bits per heavy atom. The second-order valence-electron chi connectivity index (χ2n) is 5.60. The number of aromatic hydroxyl groups is 1. The number of nitrogens with one attached hydrogen (secondary N) is 1. The van der Waals surface area contributed by atoms with Gasteiger partial charge in [0.25, 0.3) is 5.91 Å². The fourth-order valence-electron chi connectivity index (χ4n) is 2.40. The van der Waals surface area contributed by atoms with E-state index in [4.69, 9.17) is 11.6 Å². The molecule has 0 spiro atoms. The molecule has 1 amide bonds. The van der Waals surface area contributed by atoms with Gasteiger partial charge in [-0.15, -0.1) is 0 Å². The zero-order chi connectivity index (χ0) is 18.4. The molecule has 0 unspecified atom stereocenters. The summed E-state index contributed by atoms with van der Waals surface area (Å²) < 4.78 is 0. The summed E-state index contributed by atoms with van der Waals surface area (Å²) in [6.07, 6.45) is 5.07. The van der Waals surface area contributed by atoms with Crippen molar-refractivity contribution in [1.29, 1.82) is 0 Å². The maximum Gasteiger partial charge on any atom is 0.272 e. The Labute approximate surface area is 156 Å². The van der Waals surface area contributed by atoms with Crippen molar-refractivity contribution in [3.8, 4) is 5.75 Å². The zero-order valence-corrected chi connectivity index (χ0v) is 14.5. The molecule has 1 aromatic heterocycles. The Morgan fingerprint density at radius 3 is 2.81 bits per heavy atom. The van der Waals surface area contributed by atoms with Gasteiger partial charge in [0.2, 0.25) is 0 Å². The SMILES string of the molecule is O=C(N/N=C\c1cc(Cc2ccccc2Cl)ccc1O)c1cccnc1. The van der Waals surface area contributed by atoms with Gasteiger partial charge in [-0.25, -0.2) is 5.43 Å². The van der Waals surface area contributed by atoms with Gasteiger partial charge in [-0.2, -0.15) is 5.10 Å². The Balaban J connectivity index is 1.72. The van der Waals surface area contributed by atoms with E-state index in [1.165, 1.54) is 12.4 Å². The number of hydrazone groups is 1. The van der Waals surface area contributed by atoms with Crippen LogP contribution < -0.4 is 5.43 Å². The minimum atomic E-state index is -0.374. The van der Waals surface area contributed by atoms with Gasteiger partial charge in [0.15, 0.2) is 0 Å². The van der Waals surface area contributed by atoms with Crippen molar-refractivity contribution in [2.45, 2.75) is 6.42 Å². The minimum Gasteiger partial charge on any atom is -0.507 e. The molecule has 6 heteroatoms. The van der Waals surface area contributed by atoms with Crippen molar-refractivity contribution in [3.05, 3.63) is 94.3 Å². The normalized spacial score (nSPS) is 10.8. The summed E-state index contributed by atoms with van der Waals surface area (Å²) in [6, 6.07) is 16.1. The van der Waals surface area contributed by atoms with E-state index in [-0.39, 0.29) is 11.7 Å². The molecule has 0 bridgehead atoms. The molecule has 0 radical (unpaired) electrons. The third-order valence-corrected chi connectivity index (χ3v) is 4.11. The fraction of sp³-hybridized carbons (Fsp3) is 0.0500. The van der Waals surface area contributed by atoms with Gasteiger partial charge in [-0.3, -0.25) is 9.78 Å². The maximum absolute atomic E-state index is 11.9. The highest BCUT2D eigenvalue weighted by Crippen LogP contribution is 2.22. The van der Waals surface area contributed by atoms with E-state index in [1.54, 1.807) is 30.5 Å². The van der Waals surface area contributed by atoms with Gasteiger partial charge in [-0.05, 0) is 47.9 Å². The van der Waals surface area contributed by atoms with Crippen molar-refractivity contribution in [2.24, 2.45) is 5.10 Å². The molecule has 130 valence electrons. The molecule has 0 saturated carbocycles. The summed E-state index contributed by atoms with van der Waals surface area (Å²) in [5, 5.41) is 14.6. The van der Waals surface area contributed by atoms with Crippen LogP contribution in [0.15, 0.2) is 72.1 Å². The van der Waals surface area contributed by atoms with Crippen molar-refractivity contribution in [1.82, 2.24) is 10.4 Å². The molecule has 1 heterocycles. The summed E-state index contributed by atoms with van der Waals surface area (Å²) in [6.45, 7) is 0. The van der Waals surface area contributed by atoms with Crippen LogP contribution in [0.1, 0.15) is 27.0 Å². The van der Waals surface area contributed by atoms with Crippen LogP contribution in [0.5, 0.6) is 5.75 Å². The monoisotopic (exact) mass is 365 g/mol. The number of carbonyl (C=O) groups is 1. The van der Waals surface area contributed by atoms with E-state index in [2.05, 4.69) is 15.5 Å². The van der Waals surface area contributed by atoms with Crippen LogP contribution >= 0.6 is 11.6 Å². The second kappa shape index (κ2) is 8.27. The average Bonchev–Trinajstić information content (AvgIpc) is 2.66. The van der Waals surface area contributed by atoms with Crippen molar-refractivity contribution in [3.63, 3.8) is 0 Å². The van der Waals surface area contributed by atoms with Crippen LogP contribution in [0, 0.1) is 0 Å². The number of nitrogens with zero attached hydrogens (tertiary/aromatic N) is 2. The summed E-state index contributed by atoms with van der Waals surface area (Å²) in [5.74, 6) is -0.298. The lowest BCUT2D eigenvalue weighted by Crippen LogP contribution is -2.17. The molecule has 0 aliphatic heterocycles. The first-order valence-corrected chi connectivity index (χ1v) is 8.30. The van der Waals surface area contributed by atoms with Crippen molar-refractivity contribution < 1.29 is 9.90 Å². The van der Waals surface area contributed by atoms with Crippen molar-refractivity contribution >= 4 is 23.7 Å². The molecule has 26 heavy (non-hydrogen) atoms. The quantitative estimate of drug-likeness (QED) is 0.533. The Bertz CT molecular complexity index is 943. The van der Waals surface area contributed by atoms with E-state index in [0.717, 1.165) is 11.1 Å². The molecule has 2 aromatic carbocycles. The number of amides is 1. The second-order valence-corrected chi connectivity index (χ2v) is 6.01. The molecule has 0 aliphatic carbocycles. The lowest BCUT2D eigenvalue weighted by molar-refractivity contribution is 0.0954. The van der Waals surface area contributed by atoms with Crippen LogP contribution in [0.4, 0.5) is 0 Å². The van der Waals surface area contributed by atoms with Crippen LogP contribution in [-0.2, 0) is 6.42 Å². The van der Waals surface area contributed by atoms with Gasteiger partial charge in [0, 0.05) is 23.0 Å². The number of carbonyl (C=O) groups excluding carboxylic acids is 1. The number of halogens is 1. The number of rotatable bonds is 5. The molecule has 5 nitrogen and oxygen atoms in total. The summed E-state index contributed by atoms with van der Waals surface area (Å²) in [7, 11) is 0. The topological polar surface area (TPSA) is 74.6 Å². The predicted octanol–water partition coefficient (Wildman–Crippen LogP) is 3.80. The summed E-state index contributed by atoms with van der Waals surface area (Å²) >= 11 is 6.19.